The van der Waals surface area contributed by atoms with Crippen molar-refractivity contribution < 1.29 is 5.11 Å². The van der Waals surface area contributed by atoms with E-state index < -0.39 is 0 Å². The Morgan fingerprint density at radius 2 is 1.91 bits per heavy atom. The summed E-state index contributed by atoms with van der Waals surface area (Å²) in [4.78, 5) is 0. The van der Waals surface area contributed by atoms with Crippen molar-refractivity contribution in [3.05, 3.63) is 53.3 Å². The summed E-state index contributed by atoms with van der Waals surface area (Å²) >= 11 is 0. The Hall–Kier alpha value is -1.65. The Labute approximate surface area is 133 Å². The minimum atomic E-state index is -0.303. The highest BCUT2D eigenvalue weighted by molar-refractivity contribution is 5.22. The highest BCUT2D eigenvalue weighted by Gasteiger charge is 2.17. The monoisotopic (exact) mass is 301 g/mol. The van der Waals surface area contributed by atoms with Gasteiger partial charge in [0.05, 0.1) is 12.3 Å². The number of aryl methyl sites for hydroxylation is 1. The molecular weight excluding hydrogens is 274 g/mol. The standard InChI is InChI=1S/C18H27N3O/c1-13(22)10-17(16-8-6-5-7-9-16)11-19-14(2)18-12-20-21(4)15(18)3/h5-9,12-14,17,19,22H,10-11H2,1-4H3. The molecule has 2 rings (SSSR count). The predicted octanol–water partition coefficient (Wildman–Crippen LogP) is 2.93. The summed E-state index contributed by atoms with van der Waals surface area (Å²) in [7, 11) is 1.96. The van der Waals surface area contributed by atoms with Crippen LogP contribution in [0.2, 0.25) is 0 Å². The smallest absolute Gasteiger partial charge is 0.0540 e. The largest absolute Gasteiger partial charge is 0.393 e. The van der Waals surface area contributed by atoms with Crippen molar-refractivity contribution in [2.75, 3.05) is 6.54 Å². The summed E-state index contributed by atoms with van der Waals surface area (Å²) in [6, 6.07) is 10.6. The van der Waals surface area contributed by atoms with Crippen LogP contribution >= 0.6 is 0 Å². The first-order valence-electron chi connectivity index (χ1n) is 7.94. The second kappa shape index (κ2) is 7.56. The lowest BCUT2D eigenvalue weighted by atomic mass is 9.93. The molecule has 2 N–H and O–H groups in total. The summed E-state index contributed by atoms with van der Waals surface area (Å²) in [5.74, 6) is 0.306. The third kappa shape index (κ3) is 4.18. The van der Waals surface area contributed by atoms with Crippen molar-refractivity contribution in [2.45, 2.75) is 45.3 Å². The minimum absolute atomic E-state index is 0.244. The first-order chi connectivity index (χ1) is 10.5. The van der Waals surface area contributed by atoms with Crippen LogP contribution in [0.3, 0.4) is 0 Å². The van der Waals surface area contributed by atoms with Crippen LogP contribution in [0.15, 0.2) is 36.5 Å². The van der Waals surface area contributed by atoms with Crippen LogP contribution in [0.4, 0.5) is 0 Å². The molecule has 0 saturated carbocycles. The highest BCUT2D eigenvalue weighted by Crippen LogP contribution is 2.23. The fraction of sp³-hybridized carbons (Fsp3) is 0.500. The lowest BCUT2D eigenvalue weighted by Crippen LogP contribution is -2.26. The molecule has 2 aromatic rings. The number of rotatable bonds is 7. The molecule has 0 radical (unpaired) electrons. The molecule has 0 bridgehead atoms. The zero-order valence-corrected chi connectivity index (χ0v) is 14.0. The van der Waals surface area contributed by atoms with Gasteiger partial charge in [-0.3, -0.25) is 4.68 Å². The SMILES string of the molecule is Cc1c(C(C)NCC(CC(C)O)c2ccccc2)cnn1C. The lowest BCUT2D eigenvalue weighted by Gasteiger charge is -2.22. The molecule has 0 saturated heterocycles. The second-order valence-corrected chi connectivity index (χ2v) is 6.13. The molecule has 1 aromatic carbocycles. The van der Waals surface area contributed by atoms with Crippen LogP contribution < -0.4 is 5.32 Å². The van der Waals surface area contributed by atoms with Gasteiger partial charge in [0.15, 0.2) is 0 Å². The molecule has 22 heavy (non-hydrogen) atoms. The topological polar surface area (TPSA) is 50.1 Å². The van der Waals surface area contributed by atoms with Crippen molar-refractivity contribution in [2.24, 2.45) is 7.05 Å². The van der Waals surface area contributed by atoms with Gasteiger partial charge in [-0.05, 0) is 38.7 Å². The Bertz CT molecular complexity index is 577. The van der Waals surface area contributed by atoms with Gasteiger partial charge in [-0.25, -0.2) is 0 Å². The molecule has 1 aromatic heterocycles. The van der Waals surface area contributed by atoms with E-state index in [4.69, 9.17) is 0 Å². The van der Waals surface area contributed by atoms with Crippen LogP contribution in [-0.4, -0.2) is 27.5 Å². The van der Waals surface area contributed by atoms with Crippen molar-refractivity contribution in [1.82, 2.24) is 15.1 Å². The number of nitrogens with zero attached hydrogens (tertiary/aromatic N) is 2. The van der Waals surface area contributed by atoms with Crippen LogP contribution in [-0.2, 0) is 7.05 Å². The van der Waals surface area contributed by atoms with Crippen molar-refractivity contribution in [3.63, 3.8) is 0 Å². The van der Waals surface area contributed by atoms with E-state index in [0.29, 0.717) is 5.92 Å². The van der Waals surface area contributed by atoms with E-state index in [-0.39, 0.29) is 12.1 Å². The van der Waals surface area contributed by atoms with Gasteiger partial charge in [-0.1, -0.05) is 30.3 Å². The predicted molar refractivity (Wildman–Crippen MR) is 89.8 cm³/mol. The number of aromatic nitrogens is 2. The molecule has 0 aliphatic carbocycles. The molecule has 1 heterocycles. The number of hydrogen-bond donors (Lipinski definition) is 2. The maximum Gasteiger partial charge on any atom is 0.0540 e. The molecule has 0 aliphatic heterocycles. The van der Waals surface area contributed by atoms with Gasteiger partial charge in [0.1, 0.15) is 0 Å². The van der Waals surface area contributed by atoms with Gasteiger partial charge in [-0.15, -0.1) is 0 Å². The van der Waals surface area contributed by atoms with Crippen LogP contribution in [0.25, 0.3) is 0 Å². The molecule has 3 atom stereocenters. The molecule has 0 aliphatic rings. The average molecular weight is 301 g/mol. The average Bonchev–Trinajstić information content (AvgIpc) is 2.83. The third-order valence-electron chi connectivity index (χ3n) is 4.31. The summed E-state index contributed by atoms with van der Waals surface area (Å²) < 4.78 is 1.90. The zero-order valence-electron chi connectivity index (χ0n) is 14.0. The van der Waals surface area contributed by atoms with E-state index in [2.05, 4.69) is 48.5 Å². The number of nitrogens with one attached hydrogen (secondary N) is 1. The Balaban J connectivity index is 2.03. The molecule has 0 spiro atoms. The molecule has 0 amide bonds. The quantitative estimate of drug-likeness (QED) is 0.826. The first kappa shape index (κ1) is 16.7. The van der Waals surface area contributed by atoms with E-state index >= 15 is 0 Å². The van der Waals surface area contributed by atoms with E-state index in [1.165, 1.54) is 16.8 Å². The Morgan fingerprint density at radius 1 is 1.23 bits per heavy atom. The van der Waals surface area contributed by atoms with E-state index in [1.807, 2.05) is 30.9 Å². The Morgan fingerprint density at radius 3 is 2.45 bits per heavy atom. The Kier molecular flexibility index (Phi) is 5.75. The maximum atomic E-state index is 9.77. The van der Waals surface area contributed by atoms with Gasteiger partial charge in [0.2, 0.25) is 0 Å². The van der Waals surface area contributed by atoms with Gasteiger partial charge in [0.25, 0.3) is 0 Å². The van der Waals surface area contributed by atoms with Crippen molar-refractivity contribution in [3.8, 4) is 0 Å². The molecule has 3 unspecified atom stereocenters. The number of hydrogen-bond acceptors (Lipinski definition) is 3. The second-order valence-electron chi connectivity index (χ2n) is 6.13. The summed E-state index contributed by atoms with van der Waals surface area (Å²) in [6.07, 6.45) is 2.39. The summed E-state index contributed by atoms with van der Waals surface area (Å²) in [5, 5.41) is 17.7. The molecular formula is C18H27N3O. The van der Waals surface area contributed by atoms with Gasteiger partial charge in [-0.2, -0.15) is 5.10 Å². The molecule has 4 heteroatoms. The van der Waals surface area contributed by atoms with E-state index in [0.717, 1.165) is 13.0 Å². The van der Waals surface area contributed by atoms with Crippen molar-refractivity contribution in [1.29, 1.82) is 0 Å². The van der Waals surface area contributed by atoms with Crippen LogP contribution in [0, 0.1) is 6.92 Å². The molecule has 4 nitrogen and oxygen atoms in total. The van der Waals surface area contributed by atoms with Gasteiger partial charge < -0.3 is 10.4 Å². The fourth-order valence-corrected chi connectivity index (χ4v) is 2.84. The van der Waals surface area contributed by atoms with E-state index in [1.54, 1.807) is 0 Å². The highest BCUT2D eigenvalue weighted by atomic mass is 16.3. The number of benzene rings is 1. The van der Waals surface area contributed by atoms with Crippen LogP contribution in [0.1, 0.15) is 49.0 Å². The molecule has 0 fully saturated rings. The van der Waals surface area contributed by atoms with Crippen LogP contribution in [0.5, 0.6) is 0 Å². The summed E-state index contributed by atoms with van der Waals surface area (Å²) in [6.45, 7) is 6.94. The third-order valence-corrected chi connectivity index (χ3v) is 4.31. The summed E-state index contributed by atoms with van der Waals surface area (Å²) in [5.41, 5.74) is 3.68. The van der Waals surface area contributed by atoms with Crippen molar-refractivity contribution >= 4 is 0 Å². The maximum absolute atomic E-state index is 9.77. The van der Waals surface area contributed by atoms with Gasteiger partial charge in [0, 0.05) is 30.9 Å². The first-order valence-corrected chi connectivity index (χ1v) is 7.94. The van der Waals surface area contributed by atoms with Gasteiger partial charge >= 0.3 is 0 Å². The number of aliphatic hydroxyl groups is 1. The number of aliphatic hydroxyl groups excluding tert-OH is 1. The minimum Gasteiger partial charge on any atom is -0.393 e. The lowest BCUT2D eigenvalue weighted by molar-refractivity contribution is 0.173. The molecule has 120 valence electrons. The van der Waals surface area contributed by atoms with E-state index in [9.17, 15) is 5.11 Å². The zero-order chi connectivity index (χ0) is 16.1. The normalized spacial score (nSPS) is 15.5. The fourth-order valence-electron chi connectivity index (χ4n) is 2.84.